The van der Waals surface area contributed by atoms with Crippen molar-refractivity contribution in [1.82, 2.24) is 9.88 Å². The van der Waals surface area contributed by atoms with E-state index in [0.717, 1.165) is 12.8 Å². The number of likely N-dealkylation sites (tertiary alicyclic amines) is 1. The number of aromatic carboxylic acids is 1. The van der Waals surface area contributed by atoms with E-state index >= 15 is 0 Å². The first-order chi connectivity index (χ1) is 9.61. The molecule has 108 valence electrons. The van der Waals surface area contributed by atoms with Gasteiger partial charge >= 0.3 is 5.97 Å². The first-order valence-electron chi connectivity index (χ1n) is 6.72. The standard InChI is InChI=1S/C14H18N2O4/c1-2-20-11-5-7-16(8-6-11)13(17)10-3-4-12(14(18)19)15-9-10/h3-4,9,11H,2,5-8H2,1H3,(H,18,19). The summed E-state index contributed by atoms with van der Waals surface area (Å²) in [6.07, 6.45) is 3.22. The first kappa shape index (κ1) is 14.5. The summed E-state index contributed by atoms with van der Waals surface area (Å²) in [6, 6.07) is 2.86. The molecule has 6 nitrogen and oxygen atoms in total. The molecule has 2 rings (SSSR count). The van der Waals surface area contributed by atoms with Crippen molar-refractivity contribution in [3.05, 3.63) is 29.6 Å². The molecule has 0 aliphatic carbocycles. The number of hydrogen-bond acceptors (Lipinski definition) is 4. The monoisotopic (exact) mass is 278 g/mol. The molecule has 1 N–H and O–H groups in total. The van der Waals surface area contributed by atoms with Crippen LogP contribution in [0.3, 0.4) is 0 Å². The number of hydrogen-bond donors (Lipinski definition) is 1. The van der Waals surface area contributed by atoms with Gasteiger partial charge in [0.25, 0.3) is 5.91 Å². The molecule has 1 fully saturated rings. The van der Waals surface area contributed by atoms with E-state index < -0.39 is 5.97 Å². The van der Waals surface area contributed by atoms with Crippen LogP contribution in [-0.2, 0) is 4.74 Å². The molecular formula is C14H18N2O4. The van der Waals surface area contributed by atoms with Crippen LogP contribution in [0.1, 0.15) is 40.6 Å². The zero-order valence-corrected chi connectivity index (χ0v) is 11.4. The van der Waals surface area contributed by atoms with Crippen molar-refractivity contribution >= 4 is 11.9 Å². The second-order valence-corrected chi connectivity index (χ2v) is 4.68. The summed E-state index contributed by atoms with van der Waals surface area (Å²) in [5, 5.41) is 8.77. The minimum absolute atomic E-state index is 0.0587. The predicted octanol–water partition coefficient (Wildman–Crippen LogP) is 1.42. The van der Waals surface area contributed by atoms with E-state index in [-0.39, 0.29) is 17.7 Å². The maximum Gasteiger partial charge on any atom is 0.354 e. The van der Waals surface area contributed by atoms with Crippen LogP contribution in [0, 0.1) is 0 Å². The van der Waals surface area contributed by atoms with Gasteiger partial charge in [-0.3, -0.25) is 4.79 Å². The van der Waals surface area contributed by atoms with Crippen LogP contribution < -0.4 is 0 Å². The van der Waals surface area contributed by atoms with Gasteiger partial charge < -0.3 is 14.7 Å². The molecule has 2 heterocycles. The van der Waals surface area contributed by atoms with Gasteiger partial charge in [-0.2, -0.15) is 0 Å². The Morgan fingerprint density at radius 3 is 2.60 bits per heavy atom. The number of carboxylic acids is 1. The summed E-state index contributed by atoms with van der Waals surface area (Å²) in [5.41, 5.74) is 0.362. The molecule has 0 bridgehead atoms. The summed E-state index contributed by atoms with van der Waals surface area (Å²) >= 11 is 0. The molecular weight excluding hydrogens is 260 g/mol. The van der Waals surface area contributed by atoms with E-state index in [9.17, 15) is 9.59 Å². The molecule has 1 aromatic heterocycles. The van der Waals surface area contributed by atoms with Gasteiger partial charge in [-0.25, -0.2) is 9.78 Å². The Morgan fingerprint density at radius 1 is 1.40 bits per heavy atom. The van der Waals surface area contributed by atoms with Crippen LogP contribution in [0.2, 0.25) is 0 Å². The number of carbonyl (C=O) groups excluding carboxylic acids is 1. The van der Waals surface area contributed by atoms with Crippen molar-refractivity contribution in [2.24, 2.45) is 0 Å². The van der Waals surface area contributed by atoms with Crippen LogP contribution in [0.15, 0.2) is 18.3 Å². The van der Waals surface area contributed by atoms with Gasteiger partial charge in [0, 0.05) is 25.9 Å². The summed E-state index contributed by atoms with van der Waals surface area (Å²) in [4.78, 5) is 28.5. The molecule has 1 aromatic rings. The number of ether oxygens (including phenoxy) is 1. The molecule has 0 spiro atoms. The Balaban J connectivity index is 1.96. The summed E-state index contributed by atoms with van der Waals surface area (Å²) in [7, 11) is 0. The number of amides is 1. The van der Waals surface area contributed by atoms with Gasteiger partial charge in [0.1, 0.15) is 5.69 Å². The molecule has 1 aliphatic rings. The number of carboxylic acid groups (broad SMARTS) is 1. The smallest absolute Gasteiger partial charge is 0.354 e. The Morgan fingerprint density at radius 2 is 2.10 bits per heavy atom. The fourth-order valence-corrected chi connectivity index (χ4v) is 2.29. The zero-order valence-electron chi connectivity index (χ0n) is 11.4. The molecule has 0 atom stereocenters. The maximum absolute atomic E-state index is 12.2. The van der Waals surface area contributed by atoms with E-state index in [1.165, 1.54) is 18.3 Å². The van der Waals surface area contributed by atoms with Gasteiger partial charge in [0.2, 0.25) is 0 Å². The summed E-state index contributed by atoms with van der Waals surface area (Å²) < 4.78 is 5.54. The maximum atomic E-state index is 12.2. The number of carbonyl (C=O) groups is 2. The van der Waals surface area contributed by atoms with E-state index in [2.05, 4.69) is 4.98 Å². The minimum atomic E-state index is -1.10. The highest BCUT2D eigenvalue weighted by molar-refractivity contribution is 5.94. The lowest BCUT2D eigenvalue weighted by molar-refractivity contribution is 0.0145. The van der Waals surface area contributed by atoms with Crippen molar-refractivity contribution in [3.63, 3.8) is 0 Å². The topological polar surface area (TPSA) is 79.7 Å². The van der Waals surface area contributed by atoms with Gasteiger partial charge in [-0.1, -0.05) is 0 Å². The Hall–Kier alpha value is -1.95. The summed E-state index contributed by atoms with van der Waals surface area (Å²) in [6.45, 7) is 3.97. The van der Waals surface area contributed by atoms with Crippen LogP contribution in [0.4, 0.5) is 0 Å². The first-order valence-corrected chi connectivity index (χ1v) is 6.72. The van der Waals surface area contributed by atoms with Gasteiger partial charge in [0.05, 0.1) is 11.7 Å². The third-order valence-electron chi connectivity index (χ3n) is 3.36. The fraction of sp³-hybridized carbons (Fsp3) is 0.500. The molecule has 1 amide bonds. The number of nitrogens with zero attached hydrogens (tertiary/aromatic N) is 2. The SMILES string of the molecule is CCOC1CCN(C(=O)c2ccc(C(=O)O)nc2)CC1. The van der Waals surface area contributed by atoms with Crippen molar-refractivity contribution in [1.29, 1.82) is 0 Å². The molecule has 6 heteroatoms. The highest BCUT2D eigenvalue weighted by atomic mass is 16.5. The average molecular weight is 278 g/mol. The van der Waals surface area contributed by atoms with E-state index in [0.29, 0.717) is 25.3 Å². The number of aromatic nitrogens is 1. The number of rotatable bonds is 4. The van der Waals surface area contributed by atoms with Gasteiger partial charge in [0.15, 0.2) is 0 Å². The van der Waals surface area contributed by atoms with Crippen molar-refractivity contribution in [2.75, 3.05) is 19.7 Å². The molecule has 0 aromatic carbocycles. The third-order valence-corrected chi connectivity index (χ3v) is 3.36. The normalized spacial score (nSPS) is 16.1. The van der Waals surface area contributed by atoms with Crippen molar-refractivity contribution in [2.45, 2.75) is 25.9 Å². The van der Waals surface area contributed by atoms with E-state index in [4.69, 9.17) is 9.84 Å². The quantitative estimate of drug-likeness (QED) is 0.901. The second-order valence-electron chi connectivity index (χ2n) is 4.68. The highest BCUT2D eigenvalue weighted by Crippen LogP contribution is 2.16. The molecule has 20 heavy (non-hydrogen) atoms. The Bertz CT molecular complexity index is 478. The minimum Gasteiger partial charge on any atom is -0.477 e. The van der Waals surface area contributed by atoms with Gasteiger partial charge in [-0.05, 0) is 31.9 Å². The van der Waals surface area contributed by atoms with Crippen LogP contribution in [0.25, 0.3) is 0 Å². The zero-order chi connectivity index (χ0) is 14.5. The third kappa shape index (κ3) is 3.33. The molecule has 0 radical (unpaired) electrons. The van der Waals surface area contributed by atoms with E-state index in [1.54, 1.807) is 4.90 Å². The van der Waals surface area contributed by atoms with Crippen LogP contribution >= 0.6 is 0 Å². The Labute approximate surface area is 117 Å². The lowest BCUT2D eigenvalue weighted by Crippen LogP contribution is -2.40. The molecule has 1 aliphatic heterocycles. The largest absolute Gasteiger partial charge is 0.477 e. The number of piperidine rings is 1. The van der Waals surface area contributed by atoms with Crippen molar-refractivity contribution in [3.8, 4) is 0 Å². The highest BCUT2D eigenvalue weighted by Gasteiger charge is 2.24. The van der Waals surface area contributed by atoms with E-state index in [1.807, 2.05) is 6.92 Å². The van der Waals surface area contributed by atoms with Crippen LogP contribution in [0.5, 0.6) is 0 Å². The van der Waals surface area contributed by atoms with Crippen LogP contribution in [-0.4, -0.2) is 52.7 Å². The second kappa shape index (κ2) is 6.47. The lowest BCUT2D eigenvalue weighted by atomic mass is 10.1. The number of pyridine rings is 1. The van der Waals surface area contributed by atoms with Crippen molar-refractivity contribution < 1.29 is 19.4 Å². The molecule has 1 saturated heterocycles. The molecule has 0 unspecified atom stereocenters. The van der Waals surface area contributed by atoms with Gasteiger partial charge in [-0.15, -0.1) is 0 Å². The fourth-order valence-electron chi connectivity index (χ4n) is 2.29. The Kier molecular flexibility index (Phi) is 4.68. The molecule has 0 saturated carbocycles. The average Bonchev–Trinajstić information content (AvgIpc) is 2.48. The lowest BCUT2D eigenvalue weighted by Gasteiger charge is -2.31. The predicted molar refractivity (Wildman–Crippen MR) is 71.7 cm³/mol. The summed E-state index contributed by atoms with van der Waals surface area (Å²) in [5.74, 6) is -1.20.